The van der Waals surface area contributed by atoms with Crippen molar-refractivity contribution in [2.45, 2.75) is 26.2 Å². The largest absolute Gasteiger partial charge is 0.495 e. The Hall–Kier alpha value is -1.42. The van der Waals surface area contributed by atoms with Gasteiger partial charge in [-0.05, 0) is 18.6 Å². The van der Waals surface area contributed by atoms with Gasteiger partial charge in [0.25, 0.3) is 0 Å². The van der Waals surface area contributed by atoms with Crippen LogP contribution < -0.4 is 4.74 Å². The molecule has 0 aliphatic rings. The van der Waals surface area contributed by atoms with E-state index in [1.807, 2.05) is 6.07 Å². The lowest BCUT2D eigenvalue weighted by molar-refractivity contribution is 0.413. The summed E-state index contributed by atoms with van der Waals surface area (Å²) in [4.78, 5) is 0. The number of unbranched alkanes of at least 4 members (excludes halogenated alkanes) is 2. The summed E-state index contributed by atoms with van der Waals surface area (Å²) in [6.45, 7) is 2.10. The minimum atomic E-state index is -2.43. The Labute approximate surface area is 90.3 Å². The van der Waals surface area contributed by atoms with E-state index in [1.54, 1.807) is 18.2 Å². The van der Waals surface area contributed by atoms with Crippen molar-refractivity contribution in [2.75, 3.05) is 7.04 Å². The molecule has 0 unspecified atom stereocenters. The zero-order valence-electron chi connectivity index (χ0n) is 11.3. The normalized spacial score (nSPS) is 13.1. The van der Waals surface area contributed by atoms with Gasteiger partial charge in [-0.25, -0.2) is 0 Å². The lowest BCUT2D eigenvalue weighted by Gasteiger charge is -2.00. The van der Waals surface area contributed by atoms with Gasteiger partial charge < -0.3 is 4.74 Å². The highest BCUT2D eigenvalue weighted by molar-refractivity contribution is 5.45. The molecule has 0 saturated heterocycles. The molecule has 74 valence electrons. The third kappa shape index (κ3) is 3.14. The van der Waals surface area contributed by atoms with E-state index < -0.39 is 7.04 Å². The van der Waals surface area contributed by atoms with Crippen LogP contribution in [0.15, 0.2) is 24.3 Å². The maximum absolute atomic E-state index is 7.07. The third-order valence-electron chi connectivity index (χ3n) is 1.88. The zero-order chi connectivity index (χ0) is 12.7. The molecule has 0 saturated carbocycles. The van der Waals surface area contributed by atoms with E-state index in [4.69, 9.17) is 8.85 Å². The van der Waals surface area contributed by atoms with Gasteiger partial charge >= 0.3 is 0 Å². The molecule has 0 bridgehead atoms. The maximum Gasteiger partial charge on any atom is 0.134 e. The van der Waals surface area contributed by atoms with Gasteiger partial charge in [0, 0.05) is 6.42 Å². The van der Waals surface area contributed by atoms with Gasteiger partial charge in [-0.3, -0.25) is 0 Å². The monoisotopic (exact) mass is 191 g/mol. The summed E-state index contributed by atoms with van der Waals surface area (Å²) in [5.74, 6) is 6.28. The van der Waals surface area contributed by atoms with Crippen molar-refractivity contribution in [3.8, 4) is 17.6 Å². The Kier molecular flexibility index (Phi) is 3.03. The molecule has 0 radical (unpaired) electrons. The molecule has 1 rings (SSSR count). The summed E-state index contributed by atoms with van der Waals surface area (Å²) in [6.07, 6.45) is 2.97. The Morgan fingerprint density at radius 2 is 2.29 bits per heavy atom. The average Bonchev–Trinajstić information content (AvgIpc) is 2.24. The number of methoxy groups -OCH3 is 1. The van der Waals surface area contributed by atoms with Crippen LogP contribution in [-0.4, -0.2) is 7.04 Å². The molecule has 14 heavy (non-hydrogen) atoms. The highest BCUT2D eigenvalue weighted by Crippen LogP contribution is 2.15. The van der Waals surface area contributed by atoms with Gasteiger partial charge in [-0.1, -0.05) is 37.3 Å². The highest BCUT2D eigenvalue weighted by atomic mass is 16.5. The van der Waals surface area contributed by atoms with Gasteiger partial charge in [0.1, 0.15) is 5.75 Å². The van der Waals surface area contributed by atoms with Crippen molar-refractivity contribution in [2.24, 2.45) is 0 Å². The fourth-order valence-corrected chi connectivity index (χ4v) is 1.08. The van der Waals surface area contributed by atoms with E-state index in [1.165, 1.54) is 0 Å². The first kappa shape index (κ1) is 6.95. The van der Waals surface area contributed by atoms with Gasteiger partial charge in [0.15, 0.2) is 0 Å². The molecule has 0 atom stereocenters. The quantitative estimate of drug-likeness (QED) is 0.526. The van der Waals surface area contributed by atoms with Gasteiger partial charge in [0.2, 0.25) is 0 Å². The average molecular weight is 191 g/mol. The lowest BCUT2D eigenvalue weighted by Crippen LogP contribution is -1.86. The van der Waals surface area contributed by atoms with Crippen LogP contribution in [0.3, 0.4) is 0 Å². The summed E-state index contributed by atoms with van der Waals surface area (Å²) >= 11 is 0. The Morgan fingerprint density at radius 1 is 1.43 bits per heavy atom. The van der Waals surface area contributed by atoms with Crippen LogP contribution in [0.2, 0.25) is 0 Å². The van der Waals surface area contributed by atoms with Crippen LogP contribution in [0, 0.1) is 11.8 Å². The topological polar surface area (TPSA) is 9.23 Å². The second kappa shape index (κ2) is 6.10. The Bertz CT molecular complexity index is 413. The highest BCUT2D eigenvalue weighted by Gasteiger charge is 1.95. The molecule has 1 heteroatoms. The van der Waals surface area contributed by atoms with Crippen molar-refractivity contribution in [3.05, 3.63) is 29.8 Å². The first-order valence-corrected chi connectivity index (χ1v) is 4.80. The standard InChI is InChI=1S/C13H16O/c1-3-4-5-6-9-12-10-7-8-11-13(12)14-2/h7-8,10-11H,3-5H2,1-2H3/i2D3. The summed E-state index contributed by atoms with van der Waals surface area (Å²) < 4.78 is 26.1. The SMILES string of the molecule is [2H]C([2H])([2H])Oc1ccccc1C#CCCCC. The summed E-state index contributed by atoms with van der Waals surface area (Å²) in [6, 6.07) is 6.94. The molecule has 0 N–H and O–H groups in total. The summed E-state index contributed by atoms with van der Waals surface area (Å²) in [5, 5.41) is 0. The van der Waals surface area contributed by atoms with E-state index in [0.717, 1.165) is 19.3 Å². The molecular formula is C13H16O. The first-order chi connectivity index (χ1) is 8.03. The third-order valence-corrected chi connectivity index (χ3v) is 1.88. The first-order valence-electron chi connectivity index (χ1n) is 6.30. The van der Waals surface area contributed by atoms with E-state index in [0.29, 0.717) is 11.3 Å². The van der Waals surface area contributed by atoms with E-state index in [9.17, 15) is 0 Å². The van der Waals surface area contributed by atoms with Crippen molar-refractivity contribution in [1.82, 2.24) is 0 Å². The number of hydrogen-bond donors (Lipinski definition) is 0. The molecule has 1 aromatic rings. The van der Waals surface area contributed by atoms with Crippen LogP contribution in [-0.2, 0) is 0 Å². The minimum Gasteiger partial charge on any atom is -0.495 e. The van der Waals surface area contributed by atoms with E-state index >= 15 is 0 Å². The van der Waals surface area contributed by atoms with Gasteiger partial charge in [-0.2, -0.15) is 0 Å². The number of benzene rings is 1. The van der Waals surface area contributed by atoms with Gasteiger partial charge in [-0.15, -0.1) is 0 Å². The van der Waals surface area contributed by atoms with Crippen molar-refractivity contribution in [3.63, 3.8) is 0 Å². The molecular weight excluding hydrogens is 172 g/mol. The molecule has 1 nitrogen and oxygen atoms in total. The summed E-state index contributed by atoms with van der Waals surface area (Å²) in [5.41, 5.74) is 0.625. The predicted molar refractivity (Wildman–Crippen MR) is 59.4 cm³/mol. The van der Waals surface area contributed by atoms with Crippen LogP contribution >= 0.6 is 0 Å². The molecule has 0 amide bonds. The van der Waals surface area contributed by atoms with Gasteiger partial charge in [0.05, 0.1) is 16.7 Å². The minimum absolute atomic E-state index is 0.316. The maximum atomic E-state index is 7.07. The zero-order valence-corrected chi connectivity index (χ0v) is 8.34. The van der Waals surface area contributed by atoms with Crippen molar-refractivity contribution in [1.29, 1.82) is 0 Å². The Morgan fingerprint density at radius 3 is 3.07 bits per heavy atom. The van der Waals surface area contributed by atoms with Crippen LogP contribution in [0.5, 0.6) is 5.75 Å². The summed E-state index contributed by atoms with van der Waals surface area (Å²) in [7, 11) is -2.43. The van der Waals surface area contributed by atoms with Crippen LogP contribution in [0.25, 0.3) is 0 Å². The fourth-order valence-electron chi connectivity index (χ4n) is 1.08. The molecule has 0 aliphatic heterocycles. The number of hydrogen-bond acceptors (Lipinski definition) is 1. The lowest BCUT2D eigenvalue weighted by atomic mass is 10.2. The fraction of sp³-hybridized carbons (Fsp3) is 0.385. The number of para-hydroxylation sites is 1. The molecule has 0 heterocycles. The number of rotatable bonds is 3. The smallest absolute Gasteiger partial charge is 0.134 e. The Balaban J connectivity index is 2.80. The van der Waals surface area contributed by atoms with Crippen LogP contribution in [0.1, 0.15) is 35.9 Å². The molecule has 0 aliphatic carbocycles. The second-order valence-electron chi connectivity index (χ2n) is 3.00. The molecule has 0 spiro atoms. The van der Waals surface area contributed by atoms with E-state index in [2.05, 4.69) is 18.8 Å². The molecule has 0 aromatic heterocycles. The van der Waals surface area contributed by atoms with E-state index in [-0.39, 0.29) is 0 Å². The number of ether oxygens (including phenoxy) is 1. The van der Waals surface area contributed by atoms with Crippen molar-refractivity contribution >= 4 is 0 Å². The second-order valence-corrected chi connectivity index (χ2v) is 3.00. The molecule has 1 aromatic carbocycles. The van der Waals surface area contributed by atoms with Crippen molar-refractivity contribution < 1.29 is 8.85 Å². The predicted octanol–water partition coefficient (Wildman–Crippen LogP) is 3.24. The molecule has 0 fully saturated rings. The van der Waals surface area contributed by atoms with Crippen LogP contribution in [0.4, 0.5) is 0 Å².